The van der Waals surface area contributed by atoms with E-state index in [4.69, 9.17) is 21.1 Å². The lowest BCUT2D eigenvalue weighted by Crippen LogP contribution is -2.18. The Hall–Kier alpha value is -3.52. The van der Waals surface area contributed by atoms with Crippen molar-refractivity contribution in [2.24, 2.45) is 5.10 Å². The molecule has 1 amide bonds. The molecule has 0 atom stereocenters. The number of nitrogens with zero attached hydrogens (tertiary/aromatic N) is 1. The summed E-state index contributed by atoms with van der Waals surface area (Å²) in [7, 11) is 0. The van der Waals surface area contributed by atoms with Crippen LogP contribution in [0.5, 0.6) is 11.5 Å². The highest BCUT2D eigenvalue weighted by Gasteiger charge is 2.30. The zero-order chi connectivity index (χ0) is 23.8. The molecule has 3 rings (SSSR count). The van der Waals surface area contributed by atoms with Crippen molar-refractivity contribution >= 4 is 23.7 Å². The first-order valence-corrected chi connectivity index (χ1v) is 10.3. The van der Waals surface area contributed by atoms with Gasteiger partial charge in [0.1, 0.15) is 6.61 Å². The van der Waals surface area contributed by atoms with E-state index < -0.39 is 17.6 Å². The average Bonchev–Trinajstić information content (AvgIpc) is 2.79. The molecule has 0 aliphatic rings. The molecular weight excluding hydrogens is 457 g/mol. The van der Waals surface area contributed by atoms with Crippen LogP contribution < -0.4 is 14.9 Å². The van der Waals surface area contributed by atoms with Crippen LogP contribution in [-0.2, 0) is 12.8 Å². The van der Waals surface area contributed by atoms with Gasteiger partial charge < -0.3 is 9.47 Å². The molecule has 5 nitrogen and oxygen atoms in total. The molecule has 3 aromatic rings. The lowest BCUT2D eigenvalue weighted by Gasteiger charge is -2.12. The van der Waals surface area contributed by atoms with Gasteiger partial charge in [0.25, 0.3) is 5.91 Å². The fourth-order valence-corrected chi connectivity index (χ4v) is 2.93. The number of hydrogen-bond acceptors (Lipinski definition) is 4. The van der Waals surface area contributed by atoms with Gasteiger partial charge in [0.15, 0.2) is 11.5 Å². The number of ether oxygens (including phenoxy) is 2. The Morgan fingerprint density at radius 3 is 2.48 bits per heavy atom. The Morgan fingerprint density at radius 2 is 1.79 bits per heavy atom. The quantitative estimate of drug-likeness (QED) is 0.315. The Kier molecular flexibility index (Phi) is 7.95. The van der Waals surface area contributed by atoms with Crippen LogP contribution in [0.2, 0.25) is 5.02 Å². The third-order valence-electron chi connectivity index (χ3n) is 4.41. The fourth-order valence-electron chi connectivity index (χ4n) is 2.80. The summed E-state index contributed by atoms with van der Waals surface area (Å²) >= 11 is 5.89. The standard InChI is InChI=1S/C24H20ClF3N2O3/c1-2-32-22-12-17(8-11-21(22)33-15-16-6-9-20(25)10-7-16)14-29-30-23(31)18-4-3-5-19(13-18)24(26,27)28/h3-14H,2,15H2,1H3,(H,30,31). The highest BCUT2D eigenvalue weighted by molar-refractivity contribution is 6.30. The molecule has 0 radical (unpaired) electrons. The number of halogens is 4. The Morgan fingerprint density at radius 1 is 1.03 bits per heavy atom. The van der Waals surface area contributed by atoms with Gasteiger partial charge in [0.2, 0.25) is 0 Å². The van der Waals surface area contributed by atoms with Gasteiger partial charge >= 0.3 is 6.18 Å². The SMILES string of the molecule is CCOc1cc(C=NNC(=O)c2cccc(C(F)(F)F)c2)ccc1OCc1ccc(Cl)cc1. The minimum Gasteiger partial charge on any atom is -0.490 e. The zero-order valence-corrected chi connectivity index (χ0v) is 18.3. The maximum Gasteiger partial charge on any atom is 0.416 e. The van der Waals surface area contributed by atoms with E-state index in [2.05, 4.69) is 10.5 Å². The maximum atomic E-state index is 12.8. The number of amides is 1. The van der Waals surface area contributed by atoms with E-state index >= 15 is 0 Å². The molecule has 0 bridgehead atoms. The van der Waals surface area contributed by atoms with Crippen LogP contribution in [0, 0.1) is 0 Å². The predicted octanol–water partition coefficient (Wildman–Crippen LogP) is 6.10. The van der Waals surface area contributed by atoms with Gasteiger partial charge in [-0.3, -0.25) is 4.79 Å². The topological polar surface area (TPSA) is 59.9 Å². The van der Waals surface area contributed by atoms with Crippen molar-refractivity contribution in [2.45, 2.75) is 19.7 Å². The highest BCUT2D eigenvalue weighted by atomic mass is 35.5. The first-order chi connectivity index (χ1) is 15.8. The van der Waals surface area contributed by atoms with Crippen molar-refractivity contribution in [1.82, 2.24) is 5.43 Å². The van der Waals surface area contributed by atoms with Crippen molar-refractivity contribution in [3.63, 3.8) is 0 Å². The van der Waals surface area contributed by atoms with Gasteiger partial charge in [0.05, 0.1) is 18.4 Å². The second-order valence-electron chi connectivity index (χ2n) is 6.83. The van der Waals surface area contributed by atoms with E-state index in [1.165, 1.54) is 18.3 Å². The molecule has 1 N–H and O–H groups in total. The van der Waals surface area contributed by atoms with Crippen LogP contribution in [0.15, 0.2) is 71.8 Å². The summed E-state index contributed by atoms with van der Waals surface area (Å²) in [5, 5.41) is 4.46. The summed E-state index contributed by atoms with van der Waals surface area (Å²) in [4.78, 5) is 12.1. The van der Waals surface area contributed by atoms with Crippen molar-refractivity contribution in [3.8, 4) is 11.5 Å². The molecular formula is C24H20ClF3N2O3. The normalized spacial score (nSPS) is 11.4. The van der Waals surface area contributed by atoms with E-state index in [1.54, 1.807) is 30.3 Å². The van der Waals surface area contributed by atoms with Gasteiger partial charge in [-0.2, -0.15) is 18.3 Å². The third-order valence-corrected chi connectivity index (χ3v) is 4.66. The lowest BCUT2D eigenvalue weighted by molar-refractivity contribution is -0.137. The average molecular weight is 477 g/mol. The molecule has 0 saturated heterocycles. The van der Waals surface area contributed by atoms with Crippen molar-refractivity contribution in [2.75, 3.05) is 6.61 Å². The second-order valence-corrected chi connectivity index (χ2v) is 7.27. The molecule has 0 heterocycles. The maximum absolute atomic E-state index is 12.8. The van der Waals surface area contributed by atoms with Gasteiger partial charge in [0, 0.05) is 10.6 Å². The molecule has 172 valence electrons. The van der Waals surface area contributed by atoms with Crippen molar-refractivity contribution in [1.29, 1.82) is 0 Å². The summed E-state index contributed by atoms with van der Waals surface area (Å²) < 4.78 is 49.9. The third kappa shape index (κ3) is 6.98. The van der Waals surface area contributed by atoms with Gasteiger partial charge in [-0.05, 0) is 66.6 Å². The summed E-state index contributed by atoms with van der Waals surface area (Å²) in [6.07, 6.45) is -3.18. The second kappa shape index (κ2) is 10.9. The van der Waals surface area contributed by atoms with Crippen LogP contribution in [0.1, 0.15) is 34.0 Å². The molecule has 0 aromatic heterocycles. The van der Waals surface area contributed by atoms with Gasteiger partial charge in [-0.1, -0.05) is 29.8 Å². The summed E-state index contributed by atoms with van der Waals surface area (Å²) in [6, 6.07) is 16.5. The molecule has 0 aliphatic carbocycles. The summed E-state index contributed by atoms with van der Waals surface area (Å²) in [6.45, 7) is 2.56. The number of benzene rings is 3. The first kappa shape index (κ1) is 24.1. The fraction of sp³-hybridized carbons (Fsp3) is 0.167. The summed E-state index contributed by atoms with van der Waals surface area (Å²) in [5.41, 5.74) is 2.70. The Labute approximate surface area is 193 Å². The number of carbonyl (C=O) groups is 1. The molecule has 3 aromatic carbocycles. The van der Waals surface area contributed by atoms with Crippen LogP contribution in [0.3, 0.4) is 0 Å². The monoisotopic (exact) mass is 476 g/mol. The highest BCUT2D eigenvalue weighted by Crippen LogP contribution is 2.30. The molecule has 33 heavy (non-hydrogen) atoms. The van der Waals surface area contributed by atoms with Crippen molar-refractivity contribution in [3.05, 3.63) is 94.0 Å². The predicted molar refractivity (Wildman–Crippen MR) is 120 cm³/mol. The molecule has 0 aliphatic heterocycles. The molecule has 0 spiro atoms. The van der Waals surface area contributed by atoms with Crippen LogP contribution in [0.4, 0.5) is 13.2 Å². The lowest BCUT2D eigenvalue weighted by atomic mass is 10.1. The van der Waals surface area contributed by atoms with E-state index in [0.29, 0.717) is 35.3 Å². The molecule has 0 fully saturated rings. The van der Waals surface area contributed by atoms with Crippen LogP contribution in [-0.4, -0.2) is 18.7 Å². The minimum absolute atomic E-state index is 0.150. The van der Waals surface area contributed by atoms with Crippen LogP contribution >= 0.6 is 11.6 Å². The number of rotatable bonds is 8. The molecule has 0 unspecified atom stereocenters. The van der Waals surface area contributed by atoms with E-state index in [1.807, 2.05) is 19.1 Å². The summed E-state index contributed by atoms with van der Waals surface area (Å²) in [5.74, 6) is 0.252. The number of nitrogens with one attached hydrogen (secondary N) is 1. The van der Waals surface area contributed by atoms with Crippen molar-refractivity contribution < 1.29 is 27.4 Å². The Bertz CT molecular complexity index is 1130. The number of alkyl halides is 3. The smallest absolute Gasteiger partial charge is 0.416 e. The number of hydrogen-bond donors (Lipinski definition) is 1. The van der Waals surface area contributed by atoms with E-state index in [9.17, 15) is 18.0 Å². The Balaban J connectivity index is 1.66. The first-order valence-electron chi connectivity index (χ1n) is 9.91. The number of hydrazone groups is 1. The van der Waals surface area contributed by atoms with E-state index in [-0.39, 0.29) is 5.56 Å². The number of carbonyl (C=O) groups excluding carboxylic acids is 1. The zero-order valence-electron chi connectivity index (χ0n) is 17.5. The van der Waals surface area contributed by atoms with Crippen LogP contribution in [0.25, 0.3) is 0 Å². The largest absolute Gasteiger partial charge is 0.490 e. The van der Waals surface area contributed by atoms with E-state index in [0.717, 1.165) is 17.7 Å². The van der Waals surface area contributed by atoms with Gasteiger partial charge in [-0.25, -0.2) is 5.43 Å². The molecule has 9 heteroatoms. The minimum atomic E-state index is -4.54. The molecule has 0 saturated carbocycles. The van der Waals surface area contributed by atoms with Gasteiger partial charge in [-0.15, -0.1) is 0 Å².